The minimum atomic E-state index is -1.31. The molecule has 114 valence electrons. The fourth-order valence-electron chi connectivity index (χ4n) is 1.90. The molecule has 3 amide bonds. The first-order chi connectivity index (χ1) is 9.70. The van der Waals surface area contributed by atoms with E-state index < -0.39 is 23.4 Å². The fourth-order valence-corrected chi connectivity index (χ4v) is 1.90. The molecule has 21 heavy (non-hydrogen) atoms. The minimum Gasteiger partial charge on any atom is -0.480 e. The van der Waals surface area contributed by atoms with Crippen molar-refractivity contribution < 1.29 is 19.5 Å². The first-order valence-corrected chi connectivity index (χ1v) is 6.42. The number of carbonyl (C=O) groups excluding carboxylic acids is 2. The Balaban J connectivity index is 3.01. The summed E-state index contributed by atoms with van der Waals surface area (Å²) in [5.41, 5.74) is 4.47. The van der Waals surface area contributed by atoms with Gasteiger partial charge < -0.3 is 21.1 Å². The Hall–Kier alpha value is -2.57. The number of hydrogen-bond donors (Lipinski definition) is 3. The molecule has 0 radical (unpaired) electrons. The summed E-state index contributed by atoms with van der Waals surface area (Å²) in [5.74, 6) is -1.47. The maximum absolute atomic E-state index is 12.4. The summed E-state index contributed by atoms with van der Waals surface area (Å²) in [4.78, 5) is 35.7. The van der Waals surface area contributed by atoms with Gasteiger partial charge in [0.25, 0.3) is 5.91 Å². The third kappa shape index (κ3) is 3.71. The van der Waals surface area contributed by atoms with Gasteiger partial charge in [-0.3, -0.25) is 4.79 Å². The van der Waals surface area contributed by atoms with E-state index in [9.17, 15) is 19.5 Å². The smallest absolute Gasteiger partial charge is 0.329 e. The molecular weight excluding hydrogens is 274 g/mol. The summed E-state index contributed by atoms with van der Waals surface area (Å²) in [5, 5.41) is 11.6. The number of carboxylic acid groups (broad SMARTS) is 1. The molecule has 1 aromatic rings. The molecule has 0 saturated heterocycles. The molecular formula is C14H19N3O4. The third-order valence-corrected chi connectivity index (χ3v) is 3.16. The van der Waals surface area contributed by atoms with Gasteiger partial charge in [-0.2, -0.15) is 0 Å². The molecule has 1 rings (SSSR count). The predicted molar refractivity (Wildman–Crippen MR) is 78.1 cm³/mol. The number of carbonyl (C=O) groups is 3. The molecule has 0 fully saturated rings. The van der Waals surface area contributed by atoms with Gasteiger partial charge in [0.15, 0.2) is 0 Å². The van der Waals surface area contributed by atoms with Crippen LogP contribution in [0.3, 0.4) is 0 Å². The van der Waals surface area contributed by atoms with Crippen LogP contribution in [0, 0.1) is 0 Å². The highest BCUT2D eigenvalue weighted by Gasteiger charge is 2.37. The van der Waals surface area contributed by atoms with Crippen LogP contribution in [0.1, 0.15) is 31.1 Å². The highest BCUT2D eigenvalue weighted by molar-refractivity contribution is 5.98. The monoisotopic (exact) mass is 293 g/mol. The normalized spacial score (nSPS) is 10.8. The Kier molecular flexibility index (Phi) is 4.91. The zero-order valence-corrected chi connectivity index (χ0v) is 12.2. The van der Waals surface area contributed by atoms with Gasteiger partial charge in [0, 0.05) is 17.8 Å². The molecule has 7 heteroatoms. The van der Waals surface area contributed by atoms with Crippen LogP contribution in [0.4, 0.5) is 10.5 Å². The van der Waals surface area contributed by atoms with Crippen molar-refractivity contribution in [3.63, 3.8) is 0 Å². The number of primary amides is 1. The van der Waals surface area contributed by atoms with Crippen LogP contribution in [0.15, 0.2) is 24.3 Å². The lowest BCUT2D eigenvalue weighted by molar-refractivity contribution is -0.147. The molecule has 0 aliphatic heterocycles. The highest BCUT2D eigenvalue weighted by atomic mass is 16.4. The molecule has 0 aliphatic rings. The lowest BCUT2D eigenvalue weighted by atomic mass is 10.0. The van der Waals surface area contributed by atoms with Crippen molar-refractivity contribution in [2.45, 2.75) is 26.3 Å². The second-order valence-electron chi connectivity index (χ2n) is 4.98. The first kappa shape index (κ1) is 16.5. The first-order valence-electron chi connectivity index (χ1n) is 6.42. The Bertz CT molecular complexity index is 552. The number of anilines is 1. The van der Waals surface area contributed by atoms with Crippen molar-refractivity contribution in [1.29, 1.82) is 0 Å². The summed E-state index contributed by atoms with van der Waals surface area (Å²) >= 11 is 0. The van der Waals surface area contributed by atoms with Gasteiger partial charge in [0.2, 0.25) is 0 Å². The molecule has 1 aromatic carbocycles. The molecule has 0 heterocycles. The quantitative estimate of drug-likeness (QED) is 0.763. The molecule has 0 spiro atoms. The van der Waals surface area contributed by atoms with E-state index in [1.165, 1.54) is 43.0 Å². The molecule has 0 atom stereocenters. The number of rotatable bonds is 5. The van der Waals surface area contributed by atoms with Crippen molar-refractivity contribution >= 4 is 23.6 Å². The molecule has 7 nitrogen and oxygen atoms in total. The van der Waals surface area contributed by atoms with E-state index in [4.69, 9.17) is 5.73 Å². The molecule has 0 saturated carbocycles. The Morgan fingerprint density at radius 2 is 1.76 bits per heavy atom. The van der Waals surface area contributed by atoms with Crippen LogP contribution in [-0.2, 0) is 4.79 Å². The van der Waals surface area contributed by atoms with Crippen LogP contribution < -0.4 is 11.1 Å². The number of aliphatic carboxylic acids is 1. The largest absolute Gasteiger partial charge is 0.480 e. The predicted octanol–water partition coefficient (Wildman–Crippen LogP) is 1.50. The number of urea groups is 1. The van der Waals surface area contributed by atoms with Crippen molar-refractivity contribution in [1.82, 2.24) is 4.90 Å². The average molecular weight is 293 g/mol. The molecule has 0 aromatic heterocycles. The number of nitrogens with zero attached hydrogens (tertiary/aromatic N) is 1. The van der Waals surface area contributed by atoms with E-state index in [0.717, 1.165) is 0 Å². The van der Waals surface area contributed by atoms with E-state index in [1.807, 2.05) is 0 Å². The summed E-state index contributed by atoms with van der Waals surface area (Å²) in [6.07, 6.45) is 0. The number of nitrogens with one attached hydrogen (secondary N) is 1. The van der Waals surface area contributed by atoms with Crippen molar-refractivity contribution in [3.8, 4) is 0 Å². The van der Waals surface area contributed by atoms with Crippen LogP contribution in [-0.4, -0.2) is 40.0 Å². The van der Waals surface area contributed by atoms with Crippen LogP contribution in [0.25, 0.3) is 0 Å². The van der Waals surface area contributed by atoms with Crippen LogP contribution in [0.2, 0.25) is 0 Å². The summed E-state index contributed by atoms with van der Waals surface area (Å²) in [7, 11) is 0. The lowest BCUT2D eigenvalue weighted by Gasteiger charge is -2.34. The second-order valence-corrected chi connectivity index (χ2v) is 4.98. The van der Waals surface area contributed by atoms with Gasteiger partial charge in [-0.1, -0.05) is 0 Å². The lowest BCUT2D eigenvalue weighted by Crippen LogP contribution is -2.52. The van der Waals surface area contributed by atoms with Crippen LogP contribution in [0.5, 0.6) is 0 Å². The molecule has 0 aliphatic carbocycles. The number of hydrogen-bond acceptors (Lipinski definition) is 3. The summed E-state index contributed by atoms with van der Waals surface area (Å²) in [6, 6.07) is 5.37. The number of benzene rings is 1. The van der Waals surface area contributed by atoms with Crippen LogP contribution >= 0.6 is 0 Å². The van der Waals surface area contributed by atoms with Gasteiger partial charge in [-0.25, -0.2) is 9.59 Å². The summed E-state index contributed by atoms with van der Waals surface area (Å²) in [6.45, 7) is 4.92. The van der Waals surface area contributed by atoms with E-state index in [1.54, 1.807) is 6.92 Å². The number of likely N-dealkylation sites (N-methyl/N-ethyl adjacent to an activating group) is 1. The fraction of sp³-hybridized carbons (Fsp3) is 0.357. The zero-order valence-electron chi connectivity index (χ0n) is 12.2. The number of nitrogens with two attached hydrogens (primary N) is 1. The Morgan fingerprint density at radius 3 is 2.14 bits per heavy atom. The van der Waals surface area contributed by atoms with Crippen molar-refractivity contribution in [2.75, 3.05) is 11.9 Å². The van der Waals surface area contributed by atoms with Crippen molar-refractivity contribution in [2.24, 2.45) is 5.73 Å². The second kappa shape index (κ2) is 6.25. The Labute approximate surface area is 122 Å². The maximum Gasteiger partial charge on any atom is 0.329 e. The number of amides is 3. The number of carboxylic acids is 1. The van der Waals surface area contributed by atoms with Gasteiger partial charge in [0.05, 0.1) is 0 Å². The Morgan fingerprint density at radius 1 is 1.24 bits per heavy atom. The summed E-state index contributed by atoms with van der Waals surface area (Å²) < 4.78 is 0. The standard InChI is InChI=1S/C14H19N3O4/c1-4-17(14(2,3)12(19)20)11(18)9-5-7-10(8-6-9)16-13(15)21/h5-8H,4H2,1-3H3,(H,19,20)(H3,15,16,21). The van der Waals surface area contributed by atoms with Gasteiger partial charge in [-0.05, 0) is 45.0 Å². The van der Waals surface area contributed by atoms with Gasteiger partial charge in [-0.15, -0.1) is 0 Å². The average Bonchev–Trinajstić information content (AvgIpc) is 2.39. The molecule has 0 unspecified atom stereocenters. The van der Waals surface area contributed by atoms with E-state index in [2.05, 4.69) is 5.32 Å². The van der Waals surface area contributed by atoms with E-state index >= 15 is 0 Å². The van der Waals surface area contributed by atoms with Gasteiger partial charge in [0.1, 0.15) is 5.54 Å². The minimum absolute atomic E-state index is 0.263. The van der Waals surface area contributed by atoms with Crippen molar-refractivity contribution in [3.05, 3.63) is 29.8 Å². The molecule has 4 N–H and O–H groups in total. The topological polar surface area (TPSA) is 113 Å². The van der Waals surface area contributed by atoms with E-state index in [-0.39, 0.29) is 6.54 Å². The maximum atomic E-state index is 12.4. The van der Waals surface area contributed by atoms with E-state index in [0.29, 0.717) is 11.3 Å². The third-order valence-electron chi connectivity index (χ3n) is 3.16. The SMILES string of the molecule is CCN(C(=O)c1ccc(NC(N)=O)cc1)C(C)(C)C(=O)O. The van der Waals surface area contributed by atoms with Gasteiger partial charge >= 0.3 is 12.0 Å². The zero-order chi connectivity index (χ0) is 16.2. The molecule has 0 bridgehead atoms. The highest BCUT2D eigenvalue weighted by Crippen LogP contribution is 2.19.